The molecule has 3 rings (SSSR count). The van der Waals surface area contributed by atoms with Crippen LogP contribution in [-0.2, 0) is 11.3 Å². The summed E-state index contributed by atoms with van der Waals surface area (Å²) in [5.41, 5.74) is 1.22. The van der Waals surface area contributed by atoms with Crippen LogP contribution in [0, 0.1) is 0 Å². The van der Waals surface area contributed by atoms with Crippen LogP contribution in [-0.4, -0.2) is 67.2 Å². The van der Waals surface area contributed by atoms with Crippen molar-refractivity contribution >= 4 is 35.9 Å². The van der Waals surface area contributed by atoms with Crippen molar-refractivity contribution in [1.29, 1.82) is 0 Å². The fourth-order valence-electron chi connectivity index (χ4n) is 3.20. The highest BCUT2D eigenvalue weighted by molar-refractivity contribution is 14.0. The minimum atomic E-state index is 0. The lowest BCUT2D eigenvalue weighted by atomic mass is 10.2. The fourth-order valence-corrected chi connectivity index (χ4v) is 3.20. The van der Waals surface area contributed by atoms with Gasteiger partial charge in [0.1, 0.15) is 0 Å². The molecule has 1 fully saturated rings. The first-order valence-corrected chi connectivity index (χ1v) is 9.96. The molecule has 1 aliphatic rings. The maximum atomic E-state index is 5.74. The molecule has 8 heteroatoms. The van der Waals surface area contributed by atoms with Crippen LogP contribution in [0.5, 0.6) is 0 Å². The molecule has 0 radical (unpaired) electrons. The fraction of sp³-hybridized carbons (Fsp3) is 0.476. The summed E-state index contributed by atoms with van der Waals surface area (Å²) in [7, 11) is 1.85. The van der Waals surface area contributed by atoms with Crippen LogP contribution in [0.25, 0.3) is 0 Å². The molecule has 158 valence electrons. The Morgan fingerprint density at radius 2 is 1.76 bits per heavy atom. The van der Waals surface area contributed by atoms with Gasteiger partial charge >= 0.3 is 0 Å². The molecule has 1 aliphatic heterocycles. The summed E-state index contributed by atoms with van der Waals surface area (Å²) in [4.78, 5) is 17.6. The Kier molecular flexibility index (Phi) is 10.7. The molecule has 1 aromatic heterocycles. The molecule has 1 saturated heterocycles. The first-order chi connectivity index (χ1) is 13.9. The number of rotatable bonds is 8. The van der Waals surface area contributed by atoms with Gasteiger partial charge in [0.15, 0.2) is 5.96 Å². The van der Waals surface area contributed by atoms with Crippen molar-refractivity contribution in [1.82, 2.24) is 20.2 Å². The van der Waals surface area contributed by atoms with E-state index in [1.165, 1.54) is 5.56 Å². The summed E-state index contributed by atoms with van der Waals surface area (Å²) < 4.78 is 5.74. The highest BCUT2D eigenvalue weighted by atomic mass is 127. The van der Waals surface area contributed by atoms with Gasteiger partial charge in [-0.2, -0.15) is 0 Å². The Morgan fingerprint density at radius 1 is 1.03 bits per heavy atom. The Hall–Kier alpha value is -1.94. The standard InChI is InChI=1S/C21H30N6O.HI/c1-22-20(23-10-5-6-17-28-18-19-8-3-2-4-9-19)26-13-15-27(16-14-26)21-24-11-7-12-25-21;/h2-4,7-9,11-12H,5-6,10,13-18H2,1H3,(H,22,23);1H. The van der Waals surface area contributed by atoms with Gasteiger partial charge < -0.3 is 19.9 Å². The number of nitrogens with zero attached hydrogens (tertiary/aromatic N) is 5. The lowest BCUT2D eigenvalue weighted by Gasteiger charge is -2.36. The van der Waals surface area contributed by atoms with E-state index in [0.29, 0.717) is 6.61 Å². The van der Waals surface area contributed by atoms with Crippen molar-refractivity contribution in [3.63, 3.8) is 0 Å². The van der Waals surface area contributed by atoms with E-state index in [1.807, 2.05) is 31.3 Å². The van der Waals surface area contributed by atoms with E-state index in [-0.39, 0.29) is 24.0 Å². The summed E-state index contributed by atoms with van der Waals surface area (Å²) in [5, 5.41) is 3.47. The van der Waals surface area contributed by atoms with Gasteiger partial charge in [-0.1, -0.05) is 30.3 Å². The number of unbranched alkanes of at least 4 members (excludes halogenated alkanes) is 1. The van der Waals surface area contributed by atoms with E-state index >= 15 is 0 Å². The third-order valence-corrected chi connectivity index (χ3v) is 4.74. The van der Waals surface area contributed by atoms with Crippen LogP contribution in [0.4, 0.5) is 5.95 Å². The van der Waals surface area contributed by atoms with Gasteiger partial charge in [0, 0.05) is 58.8 Å². The van der Waals surface area contributed by atoms with Crippen molar-refractivity contribution in [3.8, 4) is 0 Å². The molecule has 0 atom stereocenters. The lowest BCUT2D eigenvalue weighted by Crippen LogP contribution is -2.53. The maximum Gasteiger partial charge on any atom is 0.225 e. The number of hydrogen-bond donors (Lipinski definition) is 1. The predicted octanol–water partition coefficient (Wildman–Crippen LogP) is 2.79. The highest BCUT2D eigenvalue weighted by Gasteiger charge is 2.20. The molecule has 0 saturated carbocycles. The number of aromatic nitrogens is 2. The number of piperazine rings is 1. The van der Waals surface area contributed by atoms with E-state index in [4.69, 9.17) is 4.74 Å². The van der Waals surface area contributed by atoms with E-state index in [9.17, 15) is 0 Å². The average Bonchev–Trinajstić information content (AvgIpc) is 2.77. The van der Waals surface area contributed by atoms with Gasteiger partial charge in [0.2, 0.25) is 5.95 Å². The average molecular weight is 510 g/mol. The molecule has 0 unspecified atom stereocenters. The Labute approximate surface area is 190 Å². The molecule has 2 heterocycles. The second-order valence-corrected chi connectivity index (χ2v) is 6.74. The third kappa shape index (κ3) is 7.77. The molecular formula is C21H31IN6O. The Morgan fingerprint density at radius 3 is 2.45 bits per heavy atom. The first-order valence-electron chi connectivity index (χ1n) is 9.96. The van der Waals surface area contributed by atoms with Crippen LogP contribution < -0.4 is 10.2 Å². The van der Waals surface area contributed by atoms with Crippen molar-refractivity contribution in [3.05, 3.63) is 54.4 Å². The summed E-state index contributed by atoms with van der Waals surface area (Å²) in [6, 6.07) is 12.1. The van der Waals surface area contributed by atoms with E-state index in [0.717, 1.165) is 64.1 Å². The zero-order chi connectivity index (χ0) is 19.4. The molecular weight excluding hydrogens is 479 g/mol. The van der Waals surface area contributed by atoms with Crippen LogP contribution >= 0.6 is 24.0 Å². The molecule has 29 heavy (non-hydrogen) atoms. The van der Waals surface area contributed by atoms with Crippen molar-refractivity contribution in [2.24, 2.45) is 4.99 Å². The monoisotopic (exact) mass is 510 g/mol. The van der Waals surface area contributed by atoms with Crippen LogP contribution in [0.2, 0.25) is 0 Å². The predicted molar refractivity (Wildman–Crippen MR) is 128 cm³/mol. The quantitative estimate of drug-likeness (QED) is 0.255. The minimum absolute atomic E-state index is 0. The number of halogens is 1. The van der Waals surface area contributed by atoms with E-state index in [2.05, 4.69) is 42.2 Å². The zero-order valence-corrected chi connectivity index (χ0v) is 19.4. The van der Waals surface area contributed by atoms with Gasteiger partial charge in [-0.15, -0.1) is 24.0 Å². The summed E-state index contributed by atoms with van der Waals surface area (Å²) in [6.07, 6.45) is 5.68. The second kappa shape index (κ2) is 13.3. The molecule has 0 bridgehead atoms. The number of hydrogen-bond acceptors (Lipinski definition) is 5. The van der Waals surface area contributed by atoms with Gasteiger partial charge in [0.05, 0.1) is 6.61 Å². The van der Waals surface area contributed by atoms with E-state index in [1.54, 1.807) is 12.4 Å². The molecule has 2 aromatic rings. The lowest BCUT2D eigenvalue weighted by molar-refractivity contribution is 0.117. The molecule has 0 spiro atoms. The molecule has 1 aromatic carbocycles. The van der Waals surface area contributed by atoms with Gasteiger partial charge in [-0.3, -0.25) is 4.99 Å². The largest absolute Gasteiger partial charge is 0.377 e. The smallest absolute Gasteiger partial charge is 0.225 e. The SMILES string of the molecule is CN=C(NCCCCOCc1ccccc1)N1CCN(c2ncccn2)CC1.I. The van der Waals surface area contributed by atoms with Crippen LogP contribution in [0.15, 0.2) is 53.8 Å². The van der Waals surface area contributed by atoms with Crippen molar-refractivity contribution in [2.75, 3.05) is 51.3 Å². The number of benzene rings is 1. The number of aliphatic imine (C=N–C) groups is 1. The molecule has 0 amide bonds. The number of guanidine groups is 1. The number of nitrogens with one attached hydrogen (secondary N) is 1. The maximum absolute atomic E-state index is 5.74. The summed E-state index contributed by atoms with van der Waals surface area (Å²) in [6.45, 7) is 6.01. The van der Waals surface area contributed by atoms with E-state index < -0.39 is 0 Å². The highest BCUT2D eigenvalue weighted by Crippen LogP contribution is 2.09. The molecule has 7 nitrogen and oxygen atoms in total. The third-order valence-electron chi connectivity index (χ3n) is 4.74. The normalized spacial score (nSPS) is 14.4. The van der Waals surface area contributed by atoms with Gasteiger partial charge in [-0.25, -0.2) is 9.97 Å². The minimum Gasteiger partial charge on any atom is -0.377 e. The number of anilines is 1. The van der Waals surface area contributed by atoms with Crippen LogP contribution in [0.3, 0.4) is 0 Å². The Bertz CT molecular complexity index is 708. The second-order valence-electron chi connectivity index (χ2n) is 6.74. The zero-order valence-electron chi connectivity index (χ0n) is 17.0. The molecule has 0 aliphatic carbocycles. The van der Waals surface area contributed by atoms with Gasteiger partial charge in [0.25, 0.3) is 0 Å². The van der Waals surface area contributed by atoms with Gasteiger partial charge in [-0.05, 0) is 24.5 Å². The summed E-state index contributed by atoms with van der Waals surface area (Å²) in [5.74, 6) is 1.78. The molecule has 1 N–H and O–H groups in total. The topological polar surface area (TPSA) is 65.9 Å². The first kappa shape index (κ1) is 23.3. The Balaban J connectivity index is 0.00000300. The van der Waals surface area contributed by atoms with Crippen molar-refractivity contribution in [2.45, 2.75) is 19.4 Å². The summed E-state index contributed by atoms with van der Waals surface area (Å²) >= 11 is 0. The van der Waals surface area contributed by atoms with Crippen LogP contribution in [0.1, 0.15) is 18.4 Å². The number of ether oxygens (including phenoxy) is 1. The van der Waals surface area contributed by atoms with Crippen molar-refractivity contribution < 1.29 is 4.74 Å².